The molecule has 2 aromatic carbocycles. The van der Waals surface area contributed by atoms with Crippen molar-refractivity contribution in [1.29, 1.82) is 0 Å². The van der Waals surface area contributed by atoms with Crippen molar-refractivity contribution in [1.82, 2.24) is 19.7 Å². The summed E-state index contributed by atoms with van der Waals surface area (Å²) < 4.78 is 1.75. The highest BCUT2D eigenvalue weighted by Crippen LogP contribution is 2.26. The van der Waals surface area contributed by atoms with Gasteiger partial charge in [0.1, 0.15) is 5.69 Å². The largest absolute Gasteiger partial charge is 0.367 e. The molecule has 6 nitrogen and oxygen atoms in total. The number of carbonyl (C=O) groups excluding carboxylic acids is 1. The number of para-hydroxylation sites is 2. The van der Waals surface area contributed by atoms with Gasteiger partial charge in [0.25, 0.3) is 5.91 Å². The van der Waals surface area contributed by atoms with E-state index in [1.54, 1.807) is 4.68 Å². The number of piperazine rings is 1. The number of pyridine rings is 1. The summed E-state index contributed by atoms with van der Waals surface area (Å²) in [6.45, 7) is 4.85. The summed E-state index contributed by atoms with van der Waals surface area (Å²) in [5.41, 5.74) is 4.52. The molecule has 1 amide bonds. The van der Waals surface area contributed by atoms with Crippen LogP contribution in [0.4, 0.5) is 5.69 Å². The maximum atomic E-state index is 13.3. The van der Waals surface area contributed by atoms with Crippen LogP contribution in [0.15, 0.2) is 72.9 Å². The minimum Gasteiger partial charge on any atom is -0.367 e. The second-order valence-corrected chi connectivity index (χ2v) is 7.54. The molecule has 1 aliphatic rings. The number of hydrogen-bond acceptors (Lipinski definition) is 4. The van der Waals surface area contributed by atoms with Crippen molar-refractivity contribution in [2.75, 3.05) is 31.1 Å². The minimum absolute atomic E-state index is 0.0266. The molecular formula is C24H23N5O. The van der Waals surface area contributed by atoms with Gasteiger partial charge in [-0.1, -0.05) is 36.4 Å². The average molecular weight is 397 g/mol. The van der Waals surface area contributed by atoms with Crippen molar-refractivity contribution >= 4 is 22.5 Å². The van der Waals surface area contributed by atoms with E-state index in [4.69, 9.17) is 0 Å². The number of carbonyl (C=O) groups is 1. The van der Waals surface area contributed by atoms with Crippen LogP contribution >= 0.6 is 0 Å². The number of amides is 1. The SMILES string of the molecule is Cc1cc(C(=O)N2CCN(c3ccnc4ccccc34)CC2)n(-c2ccccc2)n1. The maximum absolute atomic E-state index is 13.3. The molecule has 5 rings (SSSR count). The molecule has 1 fully saturated rings. The zero-order valence-corrected chi connectivity index (χ0v) is 16.9. The standard InChI is InChI=1S/C24H23N5O/c1-18-17-23(29(26-18)19-7-3-2-4-8-19)24(30)28-15-13-27(14-16-28)22-11-12-25-21-10-6-5-9-20(21)22/h2-12,17H,13-16H2,1H3. The van der Waals surface area contributed by atoms with Crippen LogP contribution in [0.3, 0.4) is 0 Å². The van der Waals surface area contributed by atoms with Gasteiger partial charge in [0.15, 0.2) is 0 Å². The van der Waals surface area contributed by atoms with Crippen LogP contribution < -0.4 is 4.90 Å². The molecule has 2 aromatic heterocycles. The fourth-order valence-electron chi connectivity index (χ4n) is 4.09. The lowest BCUT2D eigenvalue weighted by Gasteiger charge is -2.36. The predicted molar refractivity (Wildman–Crippen MR) is 118 cm³/mol. The number of fused-ring (bicyclic) bond motifs is 1. The molecule has 150 valence electrons. The summed E-state index contributed by atoms with van der Waals surface area (Å²) in [5, 5.41) is 5.70. The smallest absolute Gasteiger partial charge is 0.272 e. The van der Waals surface area contributed by atoms with Gasteiger partial charge in [-0.3, -0.25) is 9.78 Å². The van der Waals surface area contributed by atoms with Crippen molar-refractivity contribution in [3.63, 3.8) is 0 Å². The number of hydrogen-bond donors (Lipinski definition) is 0. The number of aryl methyl sites for hydroxylation is 1. The Kier molecular flexibility index (Phi) is 4.67. The van der Waals surface area contributed by atoms with Crippen molar-refractivity contribution < 1.29 is 4.79 Å². The van der Waals surface area contributed by atoms with E-state index < -0.39 is 0 Å². The quantitative estimate of drug-likeness (QED) is 0.529. The van der Waals surface area contributed by atoms with Gasteiger partial charge in [-0.25, -0.2) is 4.68 Å². The van der Waals surface area contributed by atoms with Crippen molar-refractivity contribution in [3.05, 3.63) is 84.3 Å². The fraction of sp³-hybridized carbons (Fsp3) is 0.208. The molecule has 0 aliphatic carbocycles. The van der Waals surface area contributed by atoms with Gasteiger partial charge in [-0.15, -0.1) is 0 Å². The molecular weight excluding hydrogens is 374 g/mol. The first-order valence-corrected chi connectivity index (χ1v) is 10.2. The van der Waals surface area contributed by atoms with Crippen LogP contribution in [-0.4, -0.2) is 51.8 Å². The van der Waals surface area contributed by atoms with E-state index in [0.29, 0.717) is 18.8 Å². The highest BCUT2D eigenvalue weighted by molar-refractivity contribution is 5.94. The average Bonchev–Trinajstić information content (AvgIpc) is 3.20. The molecule has 0 atom stereocenters. The first kappa shape index (κ1) is 18.4. The van der Waals surface area contributed by atoms with Crippen LogP contribution in [-0.2, 0) is 0 Å². The lowest BCUT2D eigenvalue weighted by atomic mass is 10.1. The Hall–Kier alpha value is -3.67. The van der Waals surface area contributed by atoms with Gasteiger partial charge in [-0.05, 0) is 37.3 Å². The van der Waals surface area contributed by atoms with Gasteiger partial charge in [0, 0.05) is 43.4 Å². The summed E-state index contributed by atoms with van der Waals surface area (Å²) in [7, 11) is 0. The van der Waals surface area contributed by atoms with Gasteiger partial charge >= 0.3 is 0 Å². The van der Waals surface area contributed by atoms with E-state index >= 15 is 0 Å². The lowest BCUT2D eigenvalue weighted by Crippen LogP contribution is -2.49. The Bertz CT molecular complexity index is 1190. The molecule has 0 bridgehead atoms. The normalized spacial score (nSPS) is 14.3. The maximum Gasteiger partial charge on any atom is 0.272 e. The van der Waals surface area contributed by atoms with E-state index in [1.807, 2.05) is 72.6 Å². The minimum atomic E-state index is 0.0266. The fourth-order valence-corrected chi connectivity index (χ4v) is 4.09. The third-order valence-electron chi connectivity index (χ3n) is 5.59. The molecule has 1 saturated heterocycles. The van der Waals surface area contributed by atoms with Crippen LogP contribution in [0.25, 0.3) is 16.6 Å². The van der Waals surface area contributed by atoms with E-state index in [9.17, 15) is 4.79 Å². The Balaban J connectivity index is 1.36. The predicted octanol–water partition coefficient (Wildman–Crippen LogP) is 3.69. The molecule has 30 heavy (non-hydrogen) atoms. The second kappa shape index (κ2) is 7.63. The van der Waals surface area contributed by atoms with E-state index in [2.05, 4.69) is 27.1 Å². The number of anilines is 1. The molecule has 0 N–H and O–H groups in total. The van der Waals surface area contributed by atoms with E-state index in [1.165, 1.54) is 5.69 Å². The Morgan fingerprint density at radius 2 is 1.63 bits per heavy atom. The van der Waals surface area contributed by atoms with E-state index in [0.717, 1.165) is 35.4 Å². The van der Waals surface area contributed by atoms with Crippen molar-refractivity contribution in [3.8, 4) is 5.69 Å². The van der Waals surface area contributed by atoms with Crippen LogP contribution in [0.5, 0.6) is 0 Å². The van der Waals surface area contributed by atoms with Crippen molar-refractivity contribution in [2.45, 2.75) is 6.92 Å². The zero-order valence-electron chi connectivity index (χ0n) is 16.9. The van der Waals surface area contributed by atoms with Gasteiger partial charge in [0.05, 0.1) is 16.9 Å². The van der Waals surface area contributed by atoms with Crippen LogP contribution in [0, 0.1) is 6.92 Å². The molecule has 3 heterocycles. The highest BCUT2D eigenvalue weighted by atomic mass is 16.2. The molecule has 1 aliphatic heterocycles. The molecule has 0 radical (unpaired) electrons. The number of nitrogens with zero attached hydrogens (tertiary/aromatic N) is 5. The third-order valence-corrected chi connectivity index (χ3v) is 5.59. The first-order chi connectivity index (χ1) is 14.7. The summed E-state index contributed by atoms with van der Waals surface area (Å²) in [4.78, 5) is 22.0. The molecule has 0 saturated carbocycles. The summed E-state index contributed by atoms with van der Waals surface area (Å²) in [6, 6.07) is 21.9. The summed E-state index contributed by atoms with van der Waals surface area (Å²) >= 11 is 0. The van der Waals surface area contributed by atoms with Gasteiger partial charge in [-0.2, -0.15) is 5.10 Å². The zero-order chi connectivity index (χ0) is 20.5. The molecule has 0 spiro atoms. The lowest BCUT2D eigenvalue weighted by molar-refractivity contribution is 0.0737. The van der Waals surface area contributed by atoms with Crippen LogP contribution in [0.2, 0.25) is 0 Å². The Morgan fingerprint density at radius 1 is 0.900 bits per heavy atom. The summed E-state index contributed by atoms with van der Waals surface area (Å²) in [6.07, 6.45) is 1.86. The number of aromatic nitrogens is 3. The highest BCUT2D eigenvalue weighted by Gasteiger charge is 2.26. The third kappa shape index (κ3) is 3.30. The number of rotatable bonds is 3. The second-order valence-electron chi connectivity index (χ2n) is 7.54. The first-order valence-electron chi connectivity index (χ1n) is 10.2. The molecule has 0 unspecified atom stereocenters. The van der Waals surface area contributed by atoms with Crippen LogP contribution in [0.1, 0.15) is 16.2 Å². The molecule has 4 aromatic rings. The topological polar surface area (TPSA) is 54.3 Å². The Labute approximate surface area is 175 Å². The van der Waals surface area contributed by atoms with Crippen molar-refractivity contribution in [2.24, 2.45) is 0 Å². The summed E-state index contributed by atoms with van der Waals surface area (Å²) in [5.74, 6) is 0.0266. The van der Waals surface area contributed by atoms with Gasteiger partial charge in [0.2, 0.25) is 0 Å². The Morgan fingerprint density at radius 3 is 2.43 bits per heavy atom. The van der Waals surface area contributed by atoms with Gasteiger partial charge < -0.3 is 9.80 Å². The monoisotopic (exact) mass is 397 g/mol. The van der Waals surface area contributed by atoms with E-state index in [-0.39, 0.29) is 5.91 Å². The number of benzene rings is 2. The molecule has 6 heteroatoms.